The number of hydrogen-bond donors (Lipinski definition) is 1. The van der Waals surface area contributed by atoms with Gasteiger partial charge in [-0.25, -0.2) is 4.98 Å². The molecule has 0 aliphatic carbocycles. The molecular formula is C13H10N2OS. The van der Waals surface area contributed by atoms with Crippen molar-refractivity contribution in [2.45, 2.75) is 6.92 Å². The molecule has 17 heavy (non-hydrogen) atoms. The second-order valence-electron chi connectivity index (χ2n) is 3.87. The lowest BCUT2D eigenvalue weighted by atomic mass is 10.1. The maximum atomic E-state index is 10.7. The predicted molar refractivity (Wildman–Crippen MR) is 69.5 cm³/mol. The number of para-hydroxylation sites is 1. The molecule has 0 fully saturated rings. The Labute approximate surface area is 102 Å². The number of hydrogen-bond acceptors (Lipinski definition) is 3. The summed E-state index contributed by atoms with van der Waals surface area (Å²) in [5.41, 5.74) is 3.77. The van der Waals surface area contributed by atoms with Gasteiger partial charge in [-0.2, -0.15) is 0 Å². The van der Waals surface area contributed by atoms with Crippen LogP contribution in [0.5, 0.6) is 0 Å². The average Bonchev–Trinajstić information content (AvgIpc) is 2.91. The van der Waals surface area contributed by atoms with Crippen LogP contribution in [0.4, 0.5) is 0 Å². The van der Waals surface area contributed by atoms with Crippen LogP contribution in [0.1, 0.15) is 16.2 Å². The highest BCUT2D eigenvalue weighted by atomic mass is 32.1. The molecule has 0 spiro atoms. The first-order valence-electron chi connectivity index (χ1n) is 5.28. The van der Waals surface area contributed by atoms with Gasteiger partial charge < -0.3 is 4.98 Å². The van der Waals surface area contributed by atoms with Crippen LogP contribution < -0.4 is 0 Å². The molecular weight excluding hydrogens is 232 g/mol. The minimum absolute atomic E-state index is 0.495. The molecule has 3 aromatic rings. The van der Waals surface area contributed by atoms with Gasteiger partial charge >= 0.3 is 0 Å². The first-order chi connectivity index (χ1) is 8.29. The van der Waals surface area contributed by atoms with Gasteiger partial charge in [-0.05, 0) is 13.0 Å². The van der Waals surface area contributed by atoms with Gasteiger partial charge in [0.15, 0.2) is 6.29 Å². The minimum Gasteiger partial charge on any atom is -0.358 e. The van der Waals surface area contributed by atoms with Crippen molar-refractivity contribution < 1.29 is 4.79 Å². The number of aromatic nitrogens is 2. The van der Waals surface area contributed by atoms with Crippen LogP contribution in [-0.4, -0.2) is 16.3 Å². The molecule has 4 heteroatoms. The zero-order chi connectivity index (χ0) is 11.8. The van der Waals surface area contributed by atoms with Crippen molar-refractivity contribution >= 4 is 28.5 Å². The Morgan fingerprint density at radius 1 is 1.35 bits per heavy atom. The number of nitrogens with zero attached hydrogens (tertiary/aromatic N) is 1. The zero-order valence-corrected chi connectivity index (χ0v) is 10.0. The largest absolute Gasteiger partial charge is 0.358 e. The topological polar surface area (TPSA) is 45.8 Å². The molecule has 0 bridgehead atoms. The maximum absolute atomic E-state index is 10.7. The summed E-state index contributed by atoms with van der Waals surface area (Å²) in [5.74, 6) is 0. The van der Waals surface area contributed by atoms with E-state index in [2.05, 4.69) is 16.0 Å². The third kappa shape index (κ3) is 1.57. The Morgan fingerprint density at radius 3 is 2.94 bits per heavy atom. The van der Waals surface area contributed by atoms with Gasteiger partial charge in [0.1, 0.15) is 10.7 Å². The van der Waals surface area contributed by atoms with E-state index < -0.39 is 0 Å². The van der Waals surface area contributed by atoms with Gasteiger partial charge in [0.2, 0.25) is 0 Å². The van der Waals surface area contributed by atoms with E-state index in [9.17, 15) is 4.79 Å². The van der Waals surface area contributed by atoms with Crippen LogP contribution in [0.25, 0.3) is 21.5 Å². The summed E-state index contributed by atoms with van der Waals surface area (Å²) < 4.78 is 0. The van der Waals surface area contributed by atoms with Gasteiger partial charge in [-0.1, -0.05) is 18.2 Å². The molecule has 3 rings (SSSR count). The Kier molecular flexibility index (Phi) is 2.30. The van der Waals surface area contributed by atoms with Crippen molar-refractivity contribution in [1.82, 2.24) is 9.97 Å². The highest BCUT2D eigenvalue weighted by Gasteiger charge is 2.13. The summed E-state index contributed by atoms with van der Waals surface area (Å²) in [4.78, 5) is 18.3. The average molecular weight is 242 g/mol. The number of benzene rings is 1. The Hall–Kier alpha value is -1.94. The quantitative estimate of drug-likeness (QED) is 0.700. The zero-order valence-electron chi connectivity index (χ0n) is 9.23. The molecule has 1 aromatic carbocycles. The fourth-order valence-corrected chi connectivity index (χ4v) is 2.89. The second-order valence-corrected chi connectivity index (χ2v) is 4.72. The summed E-state index contributed by atoms with van der Waals surface area (Å²) in [6.45, 7) is 2.03. The van der Waals surface area contributed by atoms with Crippen molar-refractivity contribution in [2.24, 2.45) is 0 Å². The number of aldehydes is 1. The van der Waals surface area contributed by atoms with Crippen molar-refractivity contribution in [2.75, 3.05) is 0 Å². The second kappa shape index (κ2) is 3.82. The Bertz CT molecular complexity index is 696. The van der Waals surface area contributed by atoms with Gasteiger partial charge in [-0.3, -0.25) is 4.79 Å². The summed E-state index contributed by atoms with van der Waals surface area (Å²) in [6.07, 6.45) is 0.782. The van der Waals surface area contributed by atoms with Gasteiger partial charge in [0.05, 0.1) is 0 Å². The van der Waals surface area contributed by atoms with Crippen molar-refractivity contribution in [1.29, 1.82) is 0 Å². The molecule has 0 saturated heterocycles. The lowest BCUT2D eigenvalue weighted by Gasteiger charge is -1.95. The summed E-state index contributed by atoms with van der Waals surface area (Å²) in [5, 5.41) is 3.82. The highest BCUT2D eigenvalue weighted by Crippen LogP contribution is 2.33. The third-order valence-electron chi connectivity index (χ3n) is 2.75. The molecule has 0 saturated carbocycles. The van der Waals surface area contributed by atoms with E-state index in [1.165, 1.54) is 11.3 Å². The number of aromatic amines is 1. The van der Waals surface area contributed by atoms with Crippen molar-refractivity contribution in [3.63, 3.8) is 0 Å². The molecule has 3 nitrogen and oxygen atoms in total. The smallest absolute Gasteiger partial charge is 0.169 e. The number of rotatable bonds is 2. The number of aryl methyl sites for hydroxylation is 1. The standard InChI is InChI=1S/C13H10N2OS/c1-8-12(13-15-9(6-16)7-17-13)10-4-2-3-5-11(10)14-8/h2-7,14H,1H3. The lowest BCUT2D eigenvalue weighted by Crippen LogP contribution is -1.81. The summed E-state index contributed by atoms with van der Waals surface area (Å²) in [6, 6.07) is 8.12. The molecule has 0 amide bonds. The molecule has 0 aliphatic heterocycles. The first-order valence-corrected chi connectivity index (χ1v) is 6.16. The Morgan fingerprint density at radius 2 is 2.18 bits per heavy atom. The highest BCUT2D eigenvalue weighted by molar-refractivity contribution is 7.13. The van der Waals surface area contributed by atoms with Crippen LogP contribution >= 0.6 is 11.3 Å². The van der Waals surface area contributed by atoms with E-state index in [1.807, 2.05) is 25.1 Å². The van der Waals surface area contributed by atoms with Crippen molar-refractivity contribution in [3.8, 4) is 10.6 Å². The van der Waals surface area contributed by atoms with E-state index in [1.54, 1.807) is 5.38 Å². The molecule has 1 N–H and O–H groups in total. The fraction of sp³-hybridized carbons (Fsp3) is 0.0769. The molecule has 84 valence electrons. The Balaban J connectivity index is 2.28. The van der Waals surface area contributed by atoms with E-state index >= 15 is 0 Å². The van der Waals surface area contributed by atoms with Gasteiger partial charge in [0, 0.05) is 27.5 Å². The third-order valence-corrected chi connectivity index (χ3v) is 3.63. The minimum atomic E-state index is 0.495. The lowest BCUT2D eigenvalue weighted by molar-refractivity contribution is 0.111. The van der Waals surface area contributed by atoms with Gasteiger partial charge in [0.25, 0.3) is 0 Å². The SMILES string of the molecule is Cc1[nH]c2ccccc2c1-c1nc(C=O)cs1. The number of thiazole rings is 1. The molecule has 0 unspecified atom stereocenters. The number of carbonyl (C=O) groups excluding carboxylic acids is 1. The van der Waals surface area contributed by atoms with Crippen molar-refractivity contribution in [3.05, 3.63) is 41.0 Å². The number of carbonyl (C=O) groups is 1. The van der Waals surface area contributed by atoms with E-state index in [0.717, 1.165) is 33.5 Å². The van der Waals surface area contributed by atoms with Crippen LogP contribution in [0.3, 0.4) is 0 Å². The first kappa shape index (κ1) is 10.2. The number of H-pyrrole nitrogens is 1. The van der Waals surface area contributed by atoms with E-state index in [0.29, 0.717) is 5.69 Å². The van der Waals surface area contributed by atoms with E-state index in [4.69, 9.17) is 0 Å². The predicted octanol–water partition coefficient (Wildman–Crippen LogP) is 3.41. The number of fused-ring (bicyclic) bond motifs is 1. The maximum Gasteiger partial charge on any atom is 0.169 e. The van der Waals surface area contributed by atoms with Crippen LogP contribution in [0, 0.1) is 6.92 Å². The molecule has 2 aromatic heterocycles. The van der Waals surface area contributed by atoms with Crippen LogP contribution in [0.2, 0.25) is 0 Å². The van der Waals surface area contributed by atoms with Crippen LogP contribution in [-0.2, 0) is 0 Å². The van der Waals surface area contributed by atoms with E-state index in [-0.39, 0.29) is 0 Å². The van der Waals surface area contributed by atoms with Crippen LogP contribution in [0.15, 0.2) is 29.6 Å². The summed E-state index contributed by atoms with van der Waals surface area (Å²) in [7, 11) is 0. The molecule has 0 atom stereocenters. The number of nitrogens with one attached hydrogen (secondary N) is 1. The molecule has 2 heterocycles. The molecule has 0 aliphatic rings. The summed E-state index contributed by atoms with van der Waals surface area (Å²) >= 11 is 1.50. The molecule has 0 radical (unpaired) electrons. The fourth-order valence-electron chi connectivity index (χ4n) is 2.01. The monoisotopic (exact) mass is 242 g/mol. The normalized spacial score (nSPS) is 10.9. The van der Waals surface area contributed by atoms with Gasteiger partial charge in [-0.15, -0.1) is 11.3 Å².